The third kappa shape index (κ3) is 4.54. The second-order valence-corrected chi connectivity index (χ2v) is 6.62. The Morgan fingerprint density at radius 2 is 2.04 bits per heavy atom. The van der Waals surface area contributed by atoms with E-state index in [0.29, 0.717) is 12.1 Å². The maximum Gasteiger partial charge on any atom is 0.275 e. The Morgan fingerprint density at radius 1 is 1.27 bits per heavy atom. The number of rotatable bonds is 5. The zero-order valence-corrected chi connectivity index (χ0v) is 14.8. The molecule has 138 valence electrons. The number of carbonyl (C=O) groups is 1. The lowest BCUT2D eigenvalue weighted by Gasteiger charge is -2.28. The summed E-state index contributed by atoms with van der Waals surface area (Å²) < 4.78 is 26.8. The van der Waals surface area contributed by atoms with E-state index in [-0.39, 0.29) is 5.91 Å². The van der Waals surface area contributed by atoms with E-state index in [4.69, 9.17) is 0 Å². The van der Waals surface area contributed by atoms with Gasteiger partial charge >= 0.3 is 0 Å². The number of anilines is 1. The van der Waals surface area contributed by atoms with Gasteiger partial charge in [0.1, 0.15) is 37.8 Å². The highest BCUT2D eigenvalue weighted by atomic mass is 19.1. The molecule has 1 atom stereocenters. The minimum absolute atomic E-state index is 0.129. The molecule has 2 aromatic rings. The van der Waals surface area contributed by atoms with Crippen molar-refractivity contribution in [1.29, 1.82) is 0 Å². The molecule has 1 amide bonds. The maximum absolute atomic E-state index is 13.8. The topological polar surface area (TPSA) is 50.9 Å². The highest BCUT2D eigenvalue weighted by Crippen LogP contribution is 2.17. The fraction of sp³-hybridized carbons (Fsp3) is 0.368. The minimum Gasteiger partial charge on any atom is -0.345 e. The van der Waals surface area contributed by atoms with Crippen LogP contribution in [-0.4, -0.2) is 38.6 Å². The van der Waals surface area contributed by atoms with Crippen LogP contribution in [0.3, 0.4) is 0 Å². The number of piperazine rings is 1. The first kappa shape index (κ1) is 18.3. The molecular weight excluding hydrogens is 338 g/mol. The van der Waals surface area contributed by atoms with E-state index in [1.807, 2.05) is 24.4 Å². The highest BCUT2D eigenvalue weighted by Gasteiger charge is 2.27. The summed E-state index contributed by atoms with van der Waals surface area (Å²) in [6.07, 6.45) is 1.90. The summed E-state index contributed by atoms with van der Waals surface area (Å²) in [6.45, 7) is 5.49. The van der Waals surface area contributed by atoms with Crippen LogP contribution in [0.25, 0.3) is 0 Å². The first-order chi connectivity index (χ1) is 12.5. The molecule has 0 aliphatic carbocycles. The first-order valence-corrected chi connectivity index (χ1v) is 8.82. The van der Waals surface area contributed by atoms with Gasteiger partial charge in [-0.05, 0) is 19.1 Å². The van der Waals surface area contributed by atoms with Crippen molar-refractivity contribution >= 4 is 11.7 Å². The zero-order chi connectivity index (χ0) is 18.5. The lowest BCUT2D eigenvalue weighted by Crippen LogP contribution is -3.16. The number of carbonyl (C=O) groups excluding carboxylic acids is 1. The molecule has 1 aromatic carbocycles. The van der Waals surface area contributed by atoms with E-state index in [9.17, 15) is 13.6 Å². The number of nitrogens with zero attached hydrogens (tertiary/aromatic N) is 1. The van der Waals surface area contributed by atoms with Gasteiger partial charge in [0, 0.05) is 17.7 Å². The van der Waals surface area contributed by atoms with Crippen molar-refractivity contribution < 1.29 is 23.5 Å². The van der Waals surface area contributed by atoms with Gasteiger partial charge in [-0.1, -0.05) is 12.1 Å². The molecule has 0 unspecified atom stereocenters. The van der Waals surface area contributed by atoms with Crippen LogP contribution in [-0.2, 0) is 4.79 Å². The Kier molecular flexibility index (Phi) is 5.78. The predicted molar refractivity (Wildman–Crippen MR) is 93.7 cm³/mol. The van der Waals surface area contributed by atoms with Gasteiger partial charge < -0.3 is 10.2 Å². The molecule has 1 aromatic heterocycles. The largest absolute Gasteiger partial charge is 0.345 e. The van der Waals surface area contributed by atoms with Crippen molar-refractivity contribution in [2.45, 2.75) is 13.0 Å². The van der Waals surface area contributed by atoms with E-state index in [0.717, 1.165) is 38.1 Å². The van der Waals surface area contributed by atoms with Gasteiger partial charge in [0.2, 0.25) is 0 Å². The van der Waals surface area contributed by atoms with Crippen LogP contribution in [0, 0.1) is 11.6 Å². The zero-order valence-electron chi connectivity index (χ0n) is 14.8. The smallest absolute Gasteiger partial charge is 0.275 e. The van der Waals surface area contributed by atoms with Crippen molar-refractivity contribution in [2.24, 2.45) is 0 Å². The third-order valence-corrected chi connectivity index (χ3v) is 4.72. The number of benzene rings is 1. The van der Waals surface area contributed by atoms with Crippen molar-refractivity contribution in [2.75, 3.05) is 37.6 Å². The summed E-state index contributed by atoms with van der Waals surface area (Å²) in [5.74, 6) is -0.312. The average molecular weight is 362 g/mol. The molecule has 0 bridgehead atoms. The second kappa shape index (κ2) is 8.23. The van der Waals surface area contributed by atoms with Gasteiger partial charge in [-0.3, -0.25) is 9.69 Å². The normalized spacial score (nSPS) is 16.3. The average Bonchev–Trinajstić information content (AvgIpc) is 2.63. The van der Waals surface area contributed by atoms with E-state index < -0.39 is 17.7 Å². The fourth-order valence-corrected chi connectivity index (χ4v) is 3.27. The van der Waals surface area contributed by atoms with Crippen LogP contribution in [0.1, 0.15) is 18.5 Å². The molecule has 3 rings (SSSR count). The molecule has 0 saturated carbocycles. The number of halogens is 2. The van der Waals surface area contributed by atoms with Gasteiger partial charge in [-0.15, -0.1) is 0 Å². The molecule has 7 heteroatoms. The molecule has 0 spiro atoms. The monoisotopic (exact) mass is 362 g/mol. The molecule has 3 N–H and O–H groups in total. The van der Waals surface area contributed by atoms with Gasteiger partial charge in [-0.2, -0.15) is 0 Å². The predicted octanol–water partition coefficient (Wildman–Crippen LogP) is 0.361. The molecule has 0 radical (unpaired) electrons. The van der Waals surface area contributed by atoms with Crippen LogP contribution in [0.5, 0.6) is 0 Å². The fourth-order valence-electron chi connectivity index (χ4n) is 3.27. The summed E-state index contributed by atoms with van der Waals surface area (Å²) in [5.41, 5.74) is 0.291. The summed E-state index contributed by atoms with van der Waals surface area (Å²) in [5, 5.41) is 2.80. The Bertz CT molecular complexity index is 748. The van der Waals surface area contributed by atoms with Gasteiger partial charge in [0.05, 0.1) is 12.2 Å². The number of hydrogen-bond acceptors (Lipinski definition) is 2. The van der Waals surface area contributed by atoms with E-state index in [2.05, 4.69) is 15.2 Å². The van der Waals surface area contributed by atoms with Crippen LogP contribution in [0.2, 0.25) is 0 Å². The van der Waals surface area contributed by atoms with Gasteiger partial charge in [0.15, 0.2) is 6.54 Å². The summed E-state index contributed by atoms with van der Waals surface area (Å²) in [7, 11) is 0. The molecule has 1 fully saturated rings. The number of H-pyrrole nitrogens is 1. The molecule has 1 saturated heterocycles. The lowest BCUT2D eigenvalue weighted by molar-refractivity contribution is -0.892. The Balaban J connectivity index is 1.48. The second-order valence-electron chi connectivity index (χ2n) is 6.62. The van der Waals surface area contributed by atoms with Crippen molar-refractivity contribution in [3.05, 3.63) is 59.8 Å². The number of pyridine rings is 1. The van der Waals surface area contributed by atoms with E-state index in [1.165, 1.54) is 17.0 Å². The number of nitrogens with one attached hydrogen (secondary N) is 3. The summed E-state index contributed by atoms with van der Waals surface area (Å²) >= 11 is 0. The first-order valence-electron chi connectivity index (χ1n) is 8.82. The molecule has 1 aliphatic rings. The Hall–Kier alpha value is -2.54. The molecule has 26 heavy (non-hydrogen) atoms. The van der Waals surface area contributed by atoms with E-state index >= 15 is 0 Å². The van der Waals surface area contributed by atoms with Gasteiger partial charge in [0.25, 0.3) is 11.7 Å². The van der Waals surface area contributed by atoms with E-state index in [1.54, 1.807) is 6.92 Å². The molecule has 5 nitrogen and oxygen atoms in total. The quantitative estimate of drug-likeness (QED) is 0.807. The highest BCUT2D eigenvalue weighted by molar-refractivity contribution is 5.77. The number of aromatic amines is 1. The Labute approximate surface area is 151 Å². The number of aromatic nitrogens is 1. The standard InChI is InChI=1S/C19H22F2N4O/c1-14(16-6-5-15(20)12-17(16)21)23-19(26)13-24-8-10-25(11-9-24)18-4-2-3-7-22-18/h2-7,12,14H,8-11,13H2,1H3,(H,23,26)/p+2/t14-/m0/s1. The minimum atomic E-state index is -0.641. The summed E-state index contributed by atoms with van der Waals surface area (Å²) in [6, 6.07) is 8.89. The Morgan fingerprint density at radius 3 is 2.69 bits per heavy atom. The SMILES string of the molecule is C[C@H](NC(=O)C[NH+]1CCN(c2cccc[nH+]2)CC1)c1ccc(F)cc1F. The van der Waals surface area contributed by atoms with Crippen molar-refractivity contribution in [3.63, 3.8) is 0 Å². The summed E-state index contributed by atoms with van der Waals surface area (Å²) in [4.78, 5) is 19.0. The van der Waals surface area contributed by atoms with Crippen molar-refractivity contribution in [1.82, 2.24) is 5.32 Å². The number of amides is 1. The van der Waals surface area contributed by atoms with Gasteiger partial charge in [-0.25, -0.2) is 13.8 Å². The lowest BCUT2D eigenvalue weighted by atomic mass is 10.1. The molecule has 1 aliphatic heterocycles. The molecule has 2 heterocycles. The molecular formula is C19H24F2N4O+2. The van der Waals surface area contributed by atoms with Crippen molar-refractivity contribution in [3.8, 4) is 0 Å². The third-order valence-electron chi connectivity index (χ3n) is 4.72. The van der Waals surface area contributed by atoms with Crippen LogP contribution >= 0.6 is 0 Å². The number of hydrogen-bond donors (Lipinski definition) is 2. The number of quaternary nitrogens is 1. The van der Waals surface area contributed by atoms with Crippen LogP contribution < -0.4 is 20.1 Å². The van der Waals surface area contributed by atoms with Crippen LogP contribution in [0.4, 0.5) is 14.6 Å². The van der Waals surface area contributed by atoms with Crippen LogP contribution in [0.15, 0.2) is 42.6 Å². The maximum atomic E-state index is 13.8.